The van der Waals surface area contributed by atoms with Crippen LogP contribution in [0.3, 0.4) is 0 Å². The molecule has 2 amide bonds. The topological polar surface area (TPSA) is 91.9 Å². The Morgan fingerprint density at radius 2 is 1.71 bits per heavy atom. The van der Waals surface area contributed by atoms with Crippen molar-refractivity contribution in [3.05, 3.63) is 101 Å². The van der Waals surface area contributed by atoms with E-state index in [1.807, 2.05) is 60.7 Å². The number of rotatable bonds is 5. The van der Waals surface area contributed by atoms with Crippen molar-refractivity contribution >= 4 is 28.7 Å². The predicted octanol–water partition coefficient (Wildman–Crippen LogP) is 3.85. The highest BCUT2D eigenvalue weighted by atomic mass is 16.5. The van der Waals surface area contributed by atoms with Gasteiger partial charge in [-0.1, -0.05) is 42.5 Å². The maximum Gasteiger partial charge on any atom is 0.337 e. The summed E-state index contributed by atoms with van der Waals surface area (Å²) in [7, 11) is 2.95. The Balaban J connectivity index is 1.40. The molecule has 192 valence electrons. The van der Waals surface area contributed by atoms with Gasteiger partial charge in [0, 0.05) is 29.6 Å². The Morgan fingerprint density at radius 1 is 0.974 bits per heavy atom. The molecule has 0 radical (unpaired) electrons. The van der Waals surface area contributed by atoms with E-state index >= 15 is 0 Å². The minimum atomic E-state index is -0.633. The van der Waals surface area contributed by atoms with Crippen LogP contribution in [0.2, 0.25) is 0 Å². The van der Waals surface area contributed by atoms with E-state index in [4.69, 9.17) is 9.47 Å². The van der Waals surface area contributed by atoms with Crippen molar-refractivity contribution in [2.45, 2.75) is 25.0 Å². The molecule has 2 atom stereocenters. The molecule has 4 aromatic rings. The van der Waals surface area contributed by atoms with Gasteiger partial charge in [-0.05, 0) is 47.0 Å². The lowest BCUT2D eigenvalue weighted by molar-refractivity contribution is -0.159. The van der Waals surface area contributed by atoms with Gasteiger partial charge in [-0.15, -0.1) is 0 Å². The van der Waals surface area contributed by atoms with E-state index in [0.29, 0.717) is 18.5 Å². The first kappa shape index (κ1) is 23.8. The van der Waals surface area contributed by atoms with Gasteiger partial charge in [0.1, 0.15) is 18.3 Å². The van der Waals surface area contributed by atoms with Gasteiger partial charge in [-0.3, -0.25) is 9.59 Å². The van der Waals surface area contributed by atoms with Crippen LogP contribution in [0.4, 0.5) is 0 Å². The Hall–Kier alpha value is -4.59. The number of carbonyl (C=O) groups is 3. The summed E-state index contributed by atoms with van der Waals surface area (Å²) >= 11 is 0. The number of aromatic nitrogens is 1. The zero-order valence-electron chi connectivity index (χ0n) is 21.1. The molecule has 2 aliphatic rings. The smallest absolute Gasteiger partial charge is 0.337 e. The third-order valence-electron chi connectivity index (χ3n) is 7.52. The second-order valence-electron chi connectivity index (χ2n) is 9.64. The number of piperazine rings is 1. The molecule has 8 nitrogen and oxygen atoms in total. The largest absolute Gasteiger partial charge is 0.497 e. The molecule has 6 rings (SSSR count). The Morgan fingerprint density at radius 3 is 2.42 bits per heavy atom. The molecule has 0 saturated carbocycles. The van der Waals surface area contributed by atoms with Crippen LogP contribution in [0.5, 0.6) is 5.75 Å². The summed E-state index contributed by atoms with van der Waals surface area (Å²) in [5, 5.41) is 1.05. The molecule has 1 N–H and O–H groups in total. The first-order chi connectivity index (χ1) is 18.5. The molecule has 1 aromatic heterocycles. The van der Waals surface area contributed by atoms with Crippen LogP contribution in [0, 0.1) is 0 Å². The average Bonchev–Trinajstić information content (AvgIpc) is 3.33. The van der Waals surface area contributed by atoms with E-state index in [1.54, 1.807) is 29.0 Å². The maximum absolute atomic E-state index is 13.9. The molecule has 0 aliphatic carbocycles. The molecule has 8 heteroatoms. The summed E-state index contributed by atoms with van der Waals surface area (Å²) in [6.45, 7) is 0.339. The van der Waals surface area contributed by atoms with E-state index in [9.17, 15) is 14.4 Å². The van der Waals surface area contributed by atoms with Crippen molar-refractivity contribution in [2.75, 3.05) is 20.8 Å². The highest BCUT2D eigenvalue weighted by molar-refractivity contribution is 5.97. The number of amides is 2. The number of carbonyl (C=O) groups excluding carboxylic acids is 3. The predicted molar refractivity (Wildman–Crippen MR) is 141 cm³/mol. The Kier molecular flexibility index (Phi) is 5.87. The molecule has 3 aromatic carbocycles. The van der Waals surface area contributed by atoms with Gasteiger partial charge in [0.05, 0.1) is 25.8 Å². The standard InChI is InChI=1S/C30H27N3O5/c1-37-21-13-7-18(8-14-21)16-32-17-26(34)33-25(29(32)35)15-23-22-5-3-4-6-24(22)31-27(23)28(33)19-9-11-20(12-10-19)30(36)38-2/h3-14,25,28,31H,15-17H2,1-2H3/t25-,28?/m1/s1. The number of benzene rings is 3. The molecular weight excluding hydrogens is 482 g/mol. The van der Waals surface area contributed by atoms with Crippen LogP contribution in [0.25, 0.3) is 10.9 Å². The zero-order valence-corrected chi connectivity index (χ0v) is 21.1. The number of nitrogens with one attached hydrogen (secondary N) is 1. The maximum atomic E-state index is 13.9. The first-order valence-electron chi connectivity index (χ1n) is 12.5. The fraction of sp³-hybridized carbons (Fsp3) is 0.233. The van der Waals surface area contributed by atoms with E-state index < -0.39 is 18.1 Å². The zero-order chi connectivity index (χ0) is 26.4. The third kappa shape index (κ3) is 3.89. The van der Waals surface area contributed by atoms with Gasteiger partial charge in [0.25, 0.3) is 0 Å². The van der Waals surface area contributed by atoms with Crippen LogP contribution in [0.1, 0.15) is 38.8 Å². The summed E-state index contributed by atoms with van der Waals surface area (Å²) in [4.78, 5) is 46.5. The van der Waals surface area contributed by atoms with E-state index in [0.717, 1.165) is 39.0 Å². The average molecular weight is 510 g/mol. The van der Waals surface area contributed by atoms with Crippen LogP contribution in [0.15, 0.2) is 72.8 Å². The van der Waals surface area contributed by atoms with Gasteiger partial charge >= 0.3 is 5.97 Å². The molecule has 1 fully saturated rings. The van der Waals surface area contributed by atoms with Gasteiger partial charge in [-0.25, -0.2) is 4.79 Å². The van der Waals surface area contributed by atoms with Crippen molar-refractivity contribution < 1.29 is 23.9 Å². The van der Waals surface area contributed by atoms with Gasteiger partial charge in [-0.2, -0.15) is 0 Å². The number of para-hydroxylation sites is 1. The number of hydrogen-bond acceptors (Lipinski definition) is 5. The molecular formula is C30H27N3O5. The Bertz CT molecular complexity index is 1540. The molecule has 3 heterocycles. The molecule has 38 heavy (non-hydrogen) atoms. The highest BCUT2D eigenvalue weighted by Gasteiger charge is 2.48. The monoisotopic (exact) mass is 509 g/mol. The van der Waals surface area contributed by atoms with Crippen LogP contribution < -0.4 is 4.74 Å². The normalized spacial score (nSPS) is 18.8. The number of hydrogen-bond donors (Lipinski definition) is 1. The van der Waals surface area contributed by atoms with Gasteiger partial charge in [0.2, 0.25) is 11.8 Å². The molecule has 1 unspecified atom stereocenters. The molecule has 0 spiro atoms. The van der Waals surface area contributed by atoms with E-state index in [-0.39, 0.29) is 18.4 Å². The molecule has 1 saturated heterocycles. The molecule has 0 bridgehead atoms. The second-order valence-corrected chi connectivity index (χ2v) is 9.64. The first-order valence-corrected chi connectivity index (χ1v) is 12.5. The van der Waals surface area contributed by atoms with Gasteiger partial charge in [0.15, 0.2) is 0 Å². The second kappa shape index (κ2) is 9.37. The summed E-state index contributed by atoms with van der Waals surface area (Å²) < 4.78 is 10.1. The van der Waals surface area contributed by atoms with Crippen molar-refractivity contribution in [1.82, 2.24) is 14.8 Å². The van der Waals surface area contributed by atoms with E-state index in [1.165, 1.54) is 7.11 Å². The summed E-state index contributed by atoms with van der Waals surface area (Å²) in [5.41, 5.74) is 5.07. The number of ether oxygens (including phenoxy) is 2. The number of H-pyrrole nitrogens is 1. The minimum absolute atomic E-state index is 0.00628. The summed E-state index contributed by atoms with van der Waals surface area (Å²) in [6.07, 6.45) is 0.430. The summed E-state index contributed by atoms with van der Waals surface area (Å²) in [5.74, 6) is 0.117. The number of esters is 1. The Labute approximate surface area is 219 Å². The third-order valence-corrected chi connectivity index (χ3v) is 7.52. The fourth-order valence-electron chi connectivity index (χ4n) is 5.67. The van der Waals surface area contributed by atoms with Crippen molar-refractivity contribution in [2.24, 2.45) is 0 Å². The quantitative estimate of drug-likeness (QED) is 0.413. The lowest BCUT2D eigenvalue weighted by atomic mass is 9.86. The minimum Gasteiger partial charge on any atom is -0.497 e. The van der Waals surface area contributed by atoms with Crippen molar-refractivity contribution in [3.63, 3.8) is 0 Å². The SMILES string of the molecule is COC(=O)c1ccc(C2c3[nH]c4ccccc4c3C[C@@H]3C(=O)N(Cc4ccc(OC)cc4)CC(=O)N23)cc1. The number of nitrogens with zero attached hydrogens (tertiary/aromatic N) is 2. The van der Waals surface area contributed by atoms with Gasteiger partial charge < -0.3 is 24.3 Å². The number of fused-ring (bicyclic) bond motifs is 4. The number of aromatic amines is 1. The van der Waals surface area contributed by atoms with Crippen LogP contribution in [-0.4, -0.2) is 59.4 Å². The molecule has 2 aliphatic heterocycles. The van der Waals surface area contributed by atoms with Crippen molar-refractivity contribution in [1.29, 1.82) is 0 Å². The number of methoxy groups -OCH3 is 2. The lowest BCUT2D eigenvalue weighted by Crippen LogP contribution is -2.62. The van der Waals surface area contributed by atoms with E-state index in [2.05, 4.69) is 4.98 Å². The summed E-state index contributed by atoms with van der Waals surface area (Å²) in [6, 6.07) is 21.4. The highest BCUT2D eigenvalue weighted by Crippen LogP contribution is 2.42. The fourth-order valence-corrected chi connectivity index (χ4v) is 5.67. The lowest BCUT2D eigenvalue weighted by Gasteiger charge is -2.47. The van der Waals surface area contributed by atoms with Crippen LogP contribution in [-0.2, 0) is 27.3 Å². The van der Waals surface area contributed by atoms with Crippen molar-refractivity contribution in [3.8, 4) is 5.75 Å². The van der Waals surface area contributed by atoms with Crippen LogP contribution >= 0.6 is 0 Å².